The van der Waals surface area contributed by atoms with Crippen LogP contribution in [-0.4, -0.2) is 53.0 Å². The molecule has 0 unspecified atom stereocenters. The van der Waals surface area contributed by atoms with Crippen molar-refractivity contribution in [2.45, 2.75) is 36.2 Å². The van der Waals surface area contributed by atoms with E-state index < -0.39 is 15.1 Å². The Morgan fingerprint density at radius 2 is 2.32 bits per heavy atom. The molecule has 0 aromatic carbocycles. The van der Waals surface area contributed by atoms with Gasteiger partial charge in [-0.1, -0.05) is 17.8 Å². The minimum atomic E-state index is -2.99. The lowest BCUT2D eigenvalue weighted by Gasteiger charge is -2.12. The smallest absolute Gasteiger partial charge is 0.318 e. The predicted octanol–water partition coefficient (Wildman–Crippen LogP) is 1.02. The zero-order chi connectivity index (χ0) is 16.3. The fourth-order valence-electron chi connectivity index (χ4n) is 2.36. The second kappa shape index (κ2) is 6.82. The van der Waals surface area contributed by atoms with Crippen LogP contribution in [0.25, 0.3) is 0 Å². The van der Waals surface area contributed by atoms with Crippen LogP contribution in [0.15, 0.2) is 17.8 Å². The predicted molar refractivity (Wildman–Crippen MR) is 83.6 cm³/mol. The Labute approximate surface area is 134 Å². The molecular weight excluding hydrogens is 326 g/mol. The zero-order valence-corrected chi connectivity index (χ0v) is 14.2. The molecule has 1 saturated heterocycles. The molecule has 0 saturated carbocycles. The Bertz CT molecular complexity index is 669. The molecule has 0 amide bonds. The van der Waals surface area contributed by atoms with Crippen molar-refractivity contribution in [2.75, 3.05) is 18.6 Å². The summed E-state index contributed by atoms with van der Waals surface area (Å²) < 4.78 is 29.8. The molecule has 0 bridgehead atoms. The molecule has 1 aliphatic heterocycles. The van der Waals surface area contributed by atoms with Crippen molar-refractivity contribution in [1.82, 2.24) is 14.8 Å². The van der Waals surface area contributed by atoms with Crippen molar-refractivity contribution < 1.29 is 17.9 Å². The summed E-state index contributed by atoms with van der Waals surface area (Å²) in [5.41, 5.74) is 0. The number of carbonyl (C=O) groups is 1. The molecule has 1 aromatic heterocycles. The van der Waals surface area contributed by atoms with Gasteiger partial charge in [0.05, 0.1) is 18.6 Å². The monoisotopic (exact) mass is 345 g/mol. The molecule has 0 aliphatic carbocycles. The lowest BCUT2D eigenvalue weighted by molar-refractivity contribution is -0.139. The largest absolute Gasteiger partial charge is 0.468 e. The molecule has 1 aliphatic rings. The van der Waals surface area contributed by atoms with E-state index in [4.69, 9.17) is 4.74 Å². The van der Waals surface area contributed by atoms with Crippen LogP contribution in [0.2, 0.25) is 0 Å². The first kappa shape index (κ1) is 17.0. The number of allylic oxidation sites excluding steroid dienone is 1. The van der Waals surface area contributed by atoms with Crippen molar-refractivity contribution >= 4 is 27.6 Å². The molecule has 1 fully saturated rings. The molecule has 0 N–H and O–H groups in total. The van der Waals surface area contributed by atoms with Gasteiger partial charge >= 0.3 is 5.97 Å². The molecule has 0 spiro atoms. The lowest BCUT2D eigenvalue weighted by Crippen LogP contribution is -2.16. The van der Waals surface area contributed by atoms with Crippen LogP contribution in [0.3, 0.4) is 0 Å². The molecule has 22 heavy (non-hydrogen) atoms. The van der Waals surface area contributed by atoms with Crippen LogP contribution in [0.4, 0.5) is 0 Å². The standard InChI is InChI=1S/C13H19N3O4S2/c1-4-6-16-11(10-5-7-22(18,19)8-10)14-15-13(16)21-9(2)12(17)20-3/h4,9-10H,1,5-8H2,2-3H3/t9-,10+/m0/s1. The molecule has 2 atom stereocenters. The first-order valence-corrected chi connectivity index (χ1v) is 9.57. The number of sulfone groups is 1. The van der Waals surface area contributed by atoms with E-state index in [1.807, 2.05) is 4.57 Å². The van der Waals surface area contributed by atoms with Crippen molar-refractivity contribution in [1.29, 1.82) is 0 Å². The van der Waals surface area contributed by atoms with E-state index in [0.717, 1.165) is 0 Å². The Kier molecular flexibility index (Phi) is 5.28. The normalized spacial score (nSPS) is 21.5. The van der Waals surface area contributed by atoms with Gasteiger partial charge in [0, 0.05) is 12.5 Å². The van der Waals surface area contributed by atoms with Crippen LogP contribution in [-0.2, 0) is 25.9 Å². The number of hydrogen-bond acceptors (Lipinski definition) is 7. The van der Waals surface area contributed by atoms with Gasteiger partial charge in [-0.2, -0.15) is 0 Å². The topological polar surface area (TPSA) is 91.2 Å². The summed E-state index contributed by atoms with van der Waals surface area (Å²) in [5, 5.41) is 8.41. The van der Waals surface area contributed by atoms with Gasteiger partial charge in [-0.05, 0) is 13.3 Å². The summed E-state index contributed by atoms with van der Waals surface area (Å²) in [6.07, 6.45) is 2.25. The number of ether oxygens (including phenoxy) is 1. The highest BCUT2D eigenvalue weighted by Gasteiger charge is 2.33. The van der Waals surface area contributed by atoms with Crippen LogP contribution in [0, 0.1) is 0 Å². The summed E-state index contributed by atoms with van der Waals surface area (Å²) in [6, 6.07) is 0. The fourth-order valence-corrected chi connectivity index (χ4v) is 4.99. The minimum Gasteiger partial charge on any atom is -0.468 e. The van der Waals surface area contributed by atoms with Gasteiger partial charge in [0.2, 0.25) is 0 Å². The van der Waals surface area contributed by atoms with Gasteiger partial charge < -0.3 is 9.30 Å². The molecule has 9 heteroatoms. The molecule has 2 rings (SSSR count). The quantitative estimate of drug-likeness (QED) is 0.432. The summed E-state index contributed by atoms with van der Waals surface area (Å²) in [5.74, 6) is 0.419. The molecule has 2 heterocycles. The number of rotatable bonds is 6. The van der Waals surface area contributed by atoms with Crippen molar-refractivity contribution in [3.8, 4) is 0 Å². The highest BCUT2D eigenvalue weighted by atomic mass is 32.2. The van der Waals surface area contributed by atoms with Gasteiger partial charge in [-0.3, -0.25) is 4.79 Å². The van der Waals surface area contributed by atoms with Gasteiger partial charge in [-0.15, -0.1) is 16.8 Å². The third-order valence-electron chi connectivity index (χ3n) is 3.47. The Hall–Kier alpha value is -1.35. The summed E-state index contributed by atoms with van der Waals surface area (Å²) >= 11 is 1.24. The Balaban J connectivity index is 2.25. The third kappa shape index (κ3) is 3.70. The Morgan fingerprint density at radius 1 is 1.59 bits per heavy atom. The number of nitrogens with zero attached hydrogens (tertiary/aromatic N) is 3. The number of carbonyl (C=O) groups excluding carboxylic acids is 1. The van der Waals surface area contributed by atoms with Crippen LogP contribution in [0.1, 0.15) is 25.1 Å². The van der Waals surface area contributed by atoms with E-state index in [2.05, 4.69) is 16.8 Å². The second-order valence-corrected chi connectivity index (χ2v) is 8.66. The first-order valence-electron chi connectivity index (χ1n) is 6.87. The Morgan fingerprint density at radius 3 is 2.86 bits per heavy atom. The van der Waals surface area contributed by atoms with Crippen molar-refractivity contribution in [3.63, 3.8) is 0 Å². The van der Waals surface area contributed by atoms with E-state index in [-0.39, 0.29) is 23.4 Å². The highest BCUT2D eigenvalue weighted by Crippen LogP contribution is 2.31. The number of aromatic nitrogens is 3. The number of methoxy groups -OCH3 is 1. The minimum absolute atomic E-state index is 0.0967. The summed E-state index contributed by atoms with van der Waals surface area (Å²) in [4.78, 5) is 11.5. The average Bonchev–Trinajstić information content (AvgIpc) is 3.02. The summed E-state index contributed by atoms with van der Waals surface area (Å²) in [7, 11) is -1.66. The number of hydrogen-bond donors (Lipinski definition) is 0. The van der Waals surface area contributed by atoms with Gasteiger partial charge in [-0.25, -0.2) is 8.42 Å². The van der Waals surface area contributed by atoms with Gasteiger partial charge in [0.25, 0.3) is 0 Å². The maximum absolute atomic E-state index is 11.7. The van der Waals surface area contributed by atoms with E-state index in [1.165, 1.54) is 18.9 Å². The first-order chi connectivity index (χ1) is 10.4. The number of thioether (sulfide) groups is 1. The zero-order valence-electron chi connectivity index (χ0n) is 12.6. The average molecular weight is 345 g/mol. The van der Waals surface area contributed by atoms with E-state index in [1.54, 1.807) is 13.0 Å². The molecule has 1 aromatic rings. The molecule has 122 valence electrons. The maximum atomic E-state index is 11.7. The maximum Gasteiger partial charge on any atom is 0.318 e. The van der Waals surface area contributed by atoms with Crippen LogP contribution >= 0.6 is 11.8 Å². The van der Waals surface area contributed by atoms with E-state index in [9.17, 15) is 13.2 Å². The SMILES string of the molecule is C=CCn1c(S[C@@H](C)C(=O)OC)nnc1[C@@H]1CCS(=O)(=O)C1. The molecule has 0 radical (unpaired) electrons. The van der Waals surface area contributed by atoms with Gasteiger partial charge in [0.15, 0.2) is 15.0 Å². The van der Waals surface area contributed by atoms with Crippen molar-refractivity contribution in [3.05, 3.63) is 18.5 Å². The molecular formula is C13H19N3O4S2. The second-order valence-electron chi connectivity index (χ2n) is 5.12. The fraction of sp³-hybridized carbons (Fsp3) is 0.615. The van der Waals surface area contributed by atoms with Crippen LogP contribution in [0.5, 0.6) is 0 Å². The molecule has 7 nitrogen and oxygen atoms in total. The van der Waals surface area contributed by atoms with E-state index in [0.29, 0.717) is 23.9 Å². The van der Waals surface area contributed by atoms with Crippen molar-refractivity contribution in [2.24, 2.45) is 0 Å². The van der Waals surface area contributed by atoms with Gasteiger partial charge in [0.1, 0.15) is 11.1 Å². The lowest BCUT2D eigenvalue weighted by atomic mass is 10.1. The van der Waals surface area contributed by atoms with Crippen LogP contribution < -0.4 is 0 Å². The highest BCUT2D eigenvalue weighted by molar-refractivity contribution is 8.00. The third-order valence-corrected chi connectivity index (χ3v) is 6.30. The number of esters is 1. The van der Waals surface area contributed by atoms with E-state index >= 15 is 0 Å². The summed E-state index contributed by atoms with van der Waals surface area (Å²) in [6.45, 7) is 5.90.